The molecule has 5 saturated heterocycles. The van der Waals surface area contributed by atoms with Gasteiger partial charge in [0, 0.05) is 0 Å². The van der Waals surface area contributed by atoms with Crippen LogP contribution < -0.4 is 31.9 Å². The molecule has 1 radical (unpaired) electrons. The molecule has 41 heavy (non-hydrogen) atoms. The Balaban J connectivity index is 0.00000256. The van der Waals surface area contributed by atoms with Gasteiger partial charge in [-0.05, 0) is 73.0 Å². The van der Waals surface area contributed by atoms with Gasteiger partial charge in [-0.15, -0.1) is 0 Å². The molecule has 0 amide bonds. The van der Waals surface area contributed by atoms with E-state index in [4.69, 9.17) is 10.6 Å². The van der Waals surface area contributed by atoms with Crippen LogP contribution in [0.4, 0.5) is 0 Å². The monoisotopic (exact) mass is 609 g/mol. The van der Waals surface area contributed by atoms with Crippen LogP contribution in [0.5, 0.6) is 0 Å². The van der Waals surface area contributed by atoms with Crippen LogP contribution in [0.15, 0.2) is 0 Å². The van der Waals surface area contributed by atoms with Crippen molar-refractivity contribution >= 4 is 0 Å². The van der Waals surface area contributed by atoms with Crippen molar-refractivity contribution in [1.82, 2.24) is 31.9 Å². The number of fused-ring (bicyclic) bond motifs is 20. The van der Waals surface area contributed by atoms with Crippen LogP contribution >= 0.6 is 0 Å². The van der Waals surface area contributed by atoms with Crippen LogP contribution in [0.1, 0.15) is 103 Å². The summed E-state index contributed by atoms with van der Waals surface area (Å²) in [7, 11) is 0. The molecule has 6 N–H and O–H groups in total. The van der Waals surface area contributed by atoms with E-state index in [1.54, 1.807) is 0 Å². The molecule has 231 valence electrons. The third-order valence-corrected chi connectivity index (χ3v) is 13.6. The van der Waals surface area contributed by atoms with Gasteiger partial charge >= 0.3 is 16.8 Å². The van der Waals surface area contributed by atoms with E-state index in [0.717, 1.165) is 0 Å². The summed E-state index contributed by atoms with van der Waals surface area (Å²) in [6.45, 7) is 0. The maximum absolute atomic E-state index is 5.61. The molecule has 9 heteroatoms. The fourth-order valence-electron chi connectivity index (χ4n) is 11.7. The van der Waals surface area contributed by atoms with Gasteiger partial charge in [0.25, 0.3) is 0 Å². The van der Waals surface area contributed by atoms with Crippen LogP contribution in [-0.4, -0.2) is 49.3 Å². The van der Waals surface area contributed by atoms with Gasteiger partial charge in [-0.25, -0.2) is 0 Å². The minimum Gasteiger partial charge on any atom is -0.632 e. The minimum absolute atomic E-state index is 0. The predicted molar refractivity (Wildman–Crippen MR) is 158 cm³/mol. The summed E-state index contributed by atoms with van der Waals surface area (Å²) in [5, 5.41) is 36.3. The molecule has 8 nitrogen and oxygen atoms in total. The number of nitrogens with zero attached hydrogens (tertiary/aromatic N) is 2. The standard InChI is InChI=1S/C32H54N8.Co/c1-2-10-18-17(9-1)25-33-26(18)38-28-21-13-5-6-14-22(21)30(35-28)40-32-24-16-8-7-15-23(24)31(36-32)39-29-20-12-4-3-11-19(20)27(34-29)37-25;/h17-33,36-40H,1-16H2;/q-2;+2. The topological polar surface area (TPSA) is 100 Å². The third kappa shape index (κ3) is 5.01. The van der Waals surface area contributed by atoms with E-state index in [9.17, 15) is 0 Å². The maximum Gasteiger partial charge on any atom is 2.00 e. The van der Waals surface area contributed by atoms with E-state index in [1.807, 2.05) is 0 Å². The first kappa shape index (κ1) is 28.6. The Bertz CT molecular complexity index is 716. The average Bonchev–Trinajstić information content (AvgIpc) is 3.73. The van der Waals surface area contributed by atoms with Gasteiger partial charge in [-0.2, -0.15) is 0 Å². The van der Waals surface area contributed by atoms with E-state index < -0.39 is 0 Å². The number of rotatable bonds is 0. The number of hydrogen-bond donors (Lipinski definition) is 6. The second-order valence-electron chi connectivity index (χ2n) is 15.4. The Morgan fingerprint density at radius 3 is 0.756 bits per heavy atom. The van der Waals surface area contributed by atoms with Gasteiger partial charge < -0.3 is 31.9 Å². The molecule has 5 aliphatic heterocycles. The first-order valence-electron chi connectivity index (χ1n) is 17.8. The predicted octanol–water partition coefficient (Wildman–Crippen LogP) is 4.17. The Kier molecular flexibility index (Phi) is 8.27. The summed E-state index contributed by atoms with van der Waals surface area (Å²) in [4.78, 5) is 0. The summed E-state index contributed by atoms with van der Waals surface area (Å²) in [5.41, 5.74) is 0. The van der Waals surface area contributed by atoms with Gasteiger partial charge in [0.2, 0.25) is 0 Å². The van der Waals surface area contributed by atoms with Crippen molar-refractivity contribution < 1.29 is 16.8 Å². The zero-order chi connectivity index (χ0) is 26.2. The molecular weight excluding hydrogens is 555 g/mol. The molecule has 9 fully saturated rings. The van der Waals surface area contributed by atoms with E-state index in [-0.39, 0.29) is 41.4 Å². The van der Waals surface area contributed by atoms with Gasteiger partial charge in [0.15, 0.2) is 0 Å². The molecule has 16 atom stereocenters. The van der Waals surface area contributed by atoms with E-state index >= 15 is 0 Å². The average molecular weight is 610 g/mol. The molecule has 0 aromatic heterocycles. The molecule has 0 aromatic rings. The zero-order valence-corrected chi connectivity index (χ0v) is 25.8. The summed E-state index contributed by atoms with van der Waals surface area (Å²) < 4.78 is 0. The first-order valence-corrected chi connectivity index (χ1v) is 17.8. The first-order chi connectivity index (χ1) is 19.8. The van der Waals surface area contributed by atoms with Crippen molar-refractivity contribution in [2.45, 2.75) is 152 Å². The van der Waals surface area contributed by atoms with E-state index in [2.05, 4.69) is 31.9 Å². The second kappa shape index (κ2) is 11.8. The quantitative estimate of drug-likeness (QED) is 0.247. The fourth-order valence-corrected chi connectivity index (χ4v) is 11.7. The van der Waals surface area contributed by atoms with E-state index in [0.29, 0.717) is 72.0 Å². The smallest absolute Gasteiger partial charge is 0.632 e. The van der Waals surface area contributed by atoms with Crippen LogP contribution in [0.3, 0.4) is 0 Å². The molecule has 16 unspecified atom stereocenters. The van der Waals surface area contributed by atoms with Crippen LogP contribution in [0.2, 0.25) is 0 Å². The number of nitrogens with one attached hydrogen (secondary N) is 6. The third-order valence-electron chi connectivity index (χ3n) is 13.6. The fraction of sp³-hybridized carbons (Fsp3) is 1.00. The molecule has 9 aliphatic rings. The molecular formula is C32H54CoN8. The molecule has 8 bridgehead atoms. The van der Waals surface area contributed by atoms with Crippen molar-refractivity contribution in [3.63, 3.8) is 0 Å². The Morgan fingerprint density at radius 2 is 0.512 bits per heavy atom. The van der Waals surface area contributed by atoms with Crippen molar-refractivity contribution in [2.75, 3.05) is 0 Å². The maximum atomic E-state index is 5.61. The number of hydrogen-bond acceptors (Lipinski definition) is 6. The Morgan fingerprint density at radius 1 is 0.293 bits per heavy atom. The van der Waals surface area contributed by atoms with Crippen molar-refractivity contribution in [2.24, 2.45) is 47.3 Å². The molecule has 4 saturated carbocycles. The van der Waals surface area contributed by atoms with Gasteiger partial charge in [-0.1, -0.05) is 102 Å². The summed E-state index contributed by atoms with van der Waals surface area (Å²) in [5.74, 6) is 5.59. The Hall–Kier alpha value is 0.186. The second-order valence-corrected chi connectivity index (χ2v) is 15.4. The van der Waals surface area contributed by atoms with Crippen LogP contribution in [0.25, 0.3) is 10.6 Å². The minimum atomic E-state index is 0. The van der Waals surface area contributed by atoms with Crippen molar-refractivity contribution in [3.05, 3.63) is 10.6 Å². The van der Waals surface area contributed by atoms with Crippen LogP contribution in [-0.2, 0) is 16.8 Å². The van der Waals surface area contributed by atoms with Crippen molar-refractivity contribution in [1.29, 1.82) is 0 Å². The molecule has 5 heterocycles. The molecule has 9 rings (SSSR count). The van der Waals surface area contributed by atoms with E-state index in [1.165, 1.54) is 103 Å². The Labute approximate surface area is 258 Å². The summed E-state index contributed by atoms with van der Waals surface area (Å²) >= 11 is 0. The van der Waals surface area contributed by atoms with Gasteiger partial charge in [-0.3, -0.25) is 10.6 Å². The zero-order valence-electron chi connectivity index (χ0n) is 24.8. The molecule has 0 spiro atoms. The summed E-state index contributed by atoms with van der Waals surface area (Å²) in [6.07, 6.45) is 24.5. The van der Waals surface area contributed by atoms with Crippen molar-refractivity contribution in [3.8, 4) is 0 Å². The van der Waals surface area contributed by atoms with Gasteiger partial charge in [0.05, 0.1) is 24.7 Å². The van der Waals surface area contributed by atoms with Crippen LogP contribution in [0, 0.1) is 47.3 Å². The molecule has 0 aromatic carbocycles. The SMILES string of the molecule is C1CCC2C3[N-]C(NC4NC(NC5[N-]C(NC6NC(N3)C3CCCCC63)C3CCCCC53)C3CCCCC43)C2C1.[Co+2]. The van der Waals surface area contributed by atoms with Gasteiger partial charge in [0.1, 0.15) is 0 Å². The molecule has 4 aliphatic carbocycles. The normalized spacial score (nSPS) is 56.2. The largest absolute Gasteiger partial charge is 2.00 e. The summed E-state index contributed by atoms with van der Waals surface area (Å²) in [6, 6.07) is 0.